The third-order valence-electron chi connectivity index (χ3n) is 4.58. The summed E-state index contributed by atoms with van der Waals surface area (Å²) in [6.45, 7) is 0. The lowest BCUT2D eigenvalue weighted by Crippen LogP contribution is -2.33. The second-order valence-corrected chi connectivity index (χ2v) is 6.03. The first kappa shape index (κ1) is 17.0. The number of oxime groups is 1. The minimum Gasteiger partial charge on any atom is -0.497 e. The maximum Gasteiger partial charge on any atom is 0.278 e. The maximum absolute atomic E-state index is 13.2. The van der Waals surface area contributed by atoms with Crippen molar-refractivity contribution in [2.24, 2.45) is 11.1 Å². The fraction of sp³-hybridized carbons (Fsp3) is 0.211. The fourth-order valence-electron chi connectivity index (χ4n) is 3.26. The summed E-state index contributed by atoms with van der Waals surface area (Å²) in [5.74, 6) is -1.36. The van der Waals surface area contributed by atoms with E-state index in [1.807, 2.05) is 0 Å². The molecule has 2 amide bonds. The van der Waals surface area contributed by atoms with E-state index in [2.05, 4.69) is 5.16 Å². The van der Waals surface area contributed by atoms with Gasteiger partial charge < -0.3 is 14.3 Å². The topological polar surface area (TPSA) is 77.4 Å². The molecule has 8 heteroatoms. The van der Waals surface area contributed by atoms with Crippen LogP contribution in [0.3, 0.4) is 0 Å². The van der Waals surface area contributed by atoms with E-state index in [1.54, 1.807) is 18.2 Å². The van der Waals surface area contributed by atoms with Gasteiger partial charge >= 0.3 is 0 Å². The van der Waals surface area contributed by atoms with Crippen LogP contribution in [-0.2, 0) is 14.4 Å². The molecule has 2 aromatic rings. The molecule has 0 saturated carbocycles. The Morgan fingerprint density at radius 1 is 1.04 bits per heavy atom. The molecule has 0 aromatic heterocycles. The van der Waals surface area contributed by atoms with Crippen LogP contribution >= 0.6 is 0 Å². The van der Waals surface area contributed by atoms with Crippen LogP contribution in [0.15, 0.2) is 47.6 Å². The van der Waals surface area contributed by atoms with Crippen LogP contribution in [0.25, 0.3) is 0 Å². The standard InChI is InChI=1S/C19H15FN2O5/c1-25-12-7-8-13(14(9-12)26-2)16-15-17(27-21-16)19(24)22(18(15)23)11-5-3-10(20)4-6-11/h3-9,15,17H,1-2H3/t15-,17-/m0/s1. The Kier molecular flexibility index (Phi) is 4.02. The molecule has 4 rings (SSSR count). The van der Waals surface area contributed by atoms with Gasteiger partial charge in [0.2, 0.25) is 12.0 Å². The maximum atomic E-state index is 13.2. The molecule has 1 fully saturated rings. The highest BCUT2D eigenvalue weighted by molar-refractivity contribution is 6.32. The largest absolute Gasteiger partial charge is 0.497 e. The first-order valence-electron chi connectivity index (χ1n) is 8.14. The summed E-state index contributed by atoms with van der Waals surface area (Å²) in [5.41, 5.74) is 1.13. The summed E-state index contributed by atoms with van der Waals surface area (Å²) in [5, 5.41) is 3.97. The lowest BCUT2D eigenvalue weighted by Gasteiger charge is -2.16. The van der Waals surface area contributed by atoms with E-state index in [1.165, 1.54) is 38.5 Å². The molecule has 0 unspecified atom stereocenters. The predicted octanol–water partition coefficient (Wildman–Crippen LogP) is 2.14. The summed E-state index contributed by atoms with van der Waals surface area (Å²) in [4.78, 5) is 31.9. The molecule has 1 saturated heterocycles. The Morgan fingerprint density at radius 3 is 2.44 bits per heavy atom. The van der Waals surface area contributed by atoms with Crippen LogP contribution < -0.4 is 14.4 Å². The molecule has 138 valence electrons. The second kappa shape index (κ2) is 6.39. The molecule has 0 N–H and O–H groups in total. The van der Waals surface area contributed by atoms with Crippen LogP contribution in [0, 0.1) is 11.7 Å². The van der Waals surface area contributed by atoms with Gasteiger partial charge in [-0.15, -0.1) is 0 Å². The van der Waals surface area contributed by atoms with Crippen molar-refractivity contribution in [2.75, 3.05) is 19.1 Å². The van der Waals surface area contributed by atoms with Crippen molar-refractivity contribution < 1.29 is 28.3 Å². The third-order valence-corrected chi connectivity index (χ3v) is 4.58. The van der Waals surface area contributed by atoms with Crippen molar-refractivity contribution in [3.63, 3.8) is 0 Å². The number of hydrogen-bond donors (Lipinski definition) is 0. The summed E-state index contributed by atoms with van der Waals surface area (Å²) in [7, 11) is 3.01. The number of methoxy groups -OCH3 is 2. The van der Waals surface area contributed by atoms with Crippen molar-refractivity contribution in [1.82, 2.24) is 0 Å². The molecule has 2 aromatic carbocycles. The number of halogens is 1. The highest BCUT2D eigenvalue weighted by Gasteiger charge is 2.56. The van der Waals surface area contributed by atoms with Crippen molar-refractivity contribution in [3.05, 3.63) is 53.8 Å². The van der Waals surface area contributed by atoms with Gasteiger partial charge in [-0.25, -0.2) is 9.29 Å². The number of amides is 2. The molecule has 0 bridgehead atoms. The van der Waals surface area contributed by atoms with Crippen LogP contribution in [0.1, 0.15) is 5.56 Å². The quantitative estimate of drug-likeness (QED) is 0.771. The van der Waals surface area contributed by atoms with E-state index < -0.39 is 29.7 Å². The van der Waals surface area contributed by atoms with Crippen LogP contribution in [0.2, 0.25) is 0 Å². The molecular weight excluding hydrogens is 355 g/mol. The first-order chi connectivity index (χ1) is 13.0. The fourth-order valence-corrected chi connectivity index (χ4v) is 3.26. The Balaban J connectivity index is 1.71. The second-order valence-electron chi connectivity index (χ2n) is 6.03. The van der Waals surface area contributed by atoms with Crippen LogP contribution in [-0.4, -0.2) is 37.8 Å². The van der Waals surface area contributed by atoms with E-state index in [-0.39, 0.29) is 5.69 Å². The van der Waals surface area contributed by atoms with E-state index >= 15 is 0 Å². The SMILES string of the molecule is COc1ccc(C2=NO[C@@H]3C(=O)N(c4ccc(F)cc4)C(=O)[C@@H]23)c(OC)c1. The molecule has 2 aliphatic heterocycles. The number of ether oxygens (including phenoxy) is 2. The monoisotopic (exact) mass is 370 g/mol. The summed E-state index contributed by atoms with van der Waals surface area (Å²) < 4.78 is 23.7. The van der Waals surface area contributed by atoms with Gasteiger partial charge in [-0.05, 0) is 36.4 Å². The predicted molar refractivity (Wildman–Crippen MR) is 93.3 cm³/mol. The number of imide groups is 1. The minimum atomic E-state index is -1.05. The van der Waals surface area contributed by atoms with Gasteiger partial charge in [0.05, 0.1) is 19.9 Å². The number of rotatable bonds is 4. The number of carbonyl (C=O) groups excluding carboxylic acids is 2. The lowest BCUT2D eigenvalue weighted by molar-refractivity contribution is -0.126. The van der Waals surface area contributed by atoms with Crippen molar-refractivity contribution in [3.8, 4) is 11.5 Å². The van der Waals surface area contributed by atoms with Gasteiger partial charge in [-0.3, -0.25) is 9.59 Å². The highest BCUT2D eigenvalue weighted by Crippen LogP contribution is 2.38. The zero-order valence-corrected chi connectivity index (χ0v) is 14.5. The van der Waals surface area contributed by atoms with Gasteiger partial charge in [0.25, 0.3) is 5.91 Å². The average molecular weight is 370 g/mol. The Morgan fingerprint density at radius 2 is 1.78 bits per heavy atom. The summed E-state index contributed by atoms with van der Waals surface area (Å²) in [6, 6.07) is 10.2. The molecule has 7 nitrogen and oxygen atoms in total. The van der Waals surface area contributed by atoms with E-state index in [9.17, 15) is 14.0 Å². The third kappa shape index (κ3) is 2.61. The number of benzene rings is 2. The van der Waals surface area contributed by atoms with E-state index in [0.717, 1.165) is 4.90 Å². The lowest BCUT2D eigenvalue weighted by atomic mass is 9.93. The van der Waals surface area contributed by atoms with Gasteiger partial charge in [-0.2, -0.15) is 0 Å². The molecule has 0 aliphatic carbocycles. The highest BCUT2D eigenvalue weighted by atomic mass is 19.1. The number of anilines is 1. The van der Waals surface area contributed by atoms with Crippen LogP contribution in [0.4, 0.5) is 10.1 Å². The van der Waals surface area contributed by atoms with Gasteiger partial charge in [0, 0.05) is 11.6 Å². The number of nitrogens with zero attached hydrogens (tertiary/aromatic N) is 2. The molecule has 2 atom stereocenters. The van der Waals surface area contributed by atoms with E-state index in [0.29, 0.717) is 22.8 Å². The average Bonchev–Trinajstić information content (AvgIpc) is 3.22. The van der Waals surface area contributed by atoms with Crippen molar-refractivity contribution >= 4 is 23.2 Å². The van der Waals surface area contributed by atoms with Crippen molar-refractivity contribution in [2.45, 2.75) is 6.10 Å². The summed E-state index contributed by atoms with van der Waals surface area (Å²) >= 11 is 0. The van der Waals surface area contributed by atoms with E-state index in [4.69, 9.17) is 14.3 Å². The number of hydrogen-bond acceptors (Lipinski definition) is 6. The number of carbonyl (C=O) groups is 2. The first-order valence-corrected chi connectivity index (χ1v) is 8.14. The zero-order valence-electron chi connectivity index (χ0n) is 14.5. The Hall–Kier alpha value is -3.42. The molecule has 2 heterocycles. The summed E-state index contributed by atoms with van der Waals surface area (Å²) in [6.07, 6.45) is -1.05. The molecule has 0 radical (unpaired) electrons. The molecule has 0 spiro atoms. The zero-order chi connectivity index (χ0) is 19.1. The Labute approximate surface area is 153 Å². The molecular formula is C19H15FN2O5. The van der Waals surface area contributed by atoms with Gasteiger partial charge in [0.15, 0.2) is 0 Å². The van der Waals surface area contributed by atoms with Crippen LogP contribution in [0.5, 0.6) is 11.5 Å². The van der Waals surface area contributed by atoms with Crippen molar-refractivity contribution in [1.29, 1.82) is 0 Å². The van der Waals surface area contributed by atoms with Gasteiger partial charge in [-0.1, -0.05) is 5.16 Å². The Bertz CT molecular complexity index is 957. The molecule has 27 heavy (non-hydrogen) atoms. The smallest absolute Gasteiger partial charge is 0.278 e. The number of fused-ring (bicyclic) bond motifs is 1. The normalized spacial score (nSPS) is 21.0. The van der Waals surface area contributed by atoms with Gasteiger partial charge in [0.1, 0.15) is 28.9 Å². The molecule has 2 aliphatic rings. The minimum absolute atomic E-state index is 0.283.